The van der Waals surface area contributed by atoms with Gasteiger partial charge in [-0.1, -0.05) is 36.8 Å². The number of hydrogen-bond donors (Lipinski definition) is 0. The number of allylic oxidation sites excluding steroid dienone is 6. The topological polar surface area (TPSA) is 17.1 Å². The summed E-state index contributed by atoms with van der Waals surface area (Å²) in [5.41, 5.74) is 1.13. The molecule has 0 radical (unpaired) electrons. The zero-order chi connectivity index (χ0) is 10.3. The first-order valence-electron chi connectivity index (χ1n) is 4.59. The van der Waals surface area contributed by atoms with E-state index in [4.69, 9.17) is 0 Å². The standard InChI is InChI=1S/C12H18O/c1-5-7-10(3)9-11(4)12(13)8-6-2/h5-9,11H,1-4H3/b7-5+,8-6+,10-9-/t11-/m0/s1. The highest BCUT2D eigenvalue weighted by Gasteiger charge is 2.04. The molecule has 0 unspecified atom stereocenters. The summed E-state index contributed by atoms with van der Waals surface area (Å²) in [6, 6.07) is 0. The van der Waals surface area contributed by atoms with Crippen molar-refractivity contribution < 1.29 is 4.79 Å². The molecule has 0 bridgehead atoms. The molecule has 0 aliphatic carbocycles. The van der Waals surface area contributed by atoms with E-state index < -0.39 is 0 Å². The highest BCUT2D eigenvalue weighted by Crippen LogP contribution is 2.06. The van der Waals surface area contributed by atoms with Gasteiger partial charge in [-0.25, -0.2) is 0 Å². The van der Waals surface area contributed by atoms with Crippen LogP contribution in [-0.2, 0) is 4.79 Å². The van der Waals surface area contributed by atoms with Crippen LogP contribution in [-0.4, -0.2) is 5.78 Å². The van der Waals surface area contributed by atoms with Crippen molar-refractivity contribution >= 4 is 5.78 Å². The maximum Gasteiger partial charge on any atom is 0.161 e. The lowest BCUT2D eigenvalue weighted by Crippen LogP contribution is -2.04. The summed E-state index contributed by atoms with van der Waals surface area (Å²) in [5.74, 6) is 0.138. The second-order valence-corrected chi connectivity index (χ2v) is 3.10. The lowest BCUT2D eigenvalue weighted by molar-refractivity contribution is -0.116. The van der Waals surface area contributed by atoms with E-state index in [1.165, 1.54) is 0 Å². The second kappa shape index (κ2) is 6.41. The van der Waals surface area contributed by atoms with Gasteiger partial charge in [0.05, 0.1) is 0 Å². The average Bonchev–Trinajstić information content (AvgIpc) is 2.05. The average molecular weight is 178 g/mol. The third-order valence-corrected chi connectivity index (χ3v) is 1.72. The number of ketones is 1. The fraction of sp³-hybridized carbons (Fsp3) is 0.417. The van der Waals surface area contributed by atoms with E-state index in [0.717, 1.165) is 5.57 Å². The van der Waals surface area contributed by atoms with E-state index in [1.807, 2.05) is 45.9 Å². The molecule has 0 rings (SSSR count). The number of rotatable bonds is 4. The highest BCUT2D eigenvalue weighted by atomic mass is 16.1. The van der Waals surface area contributed by atoms with Gasteiger partial charge in [-0.05, 0) is 26.8 Å². The normalized spacial score (nSPS) is 15.5. The van der Waals surface area contributed by atoms with Crippen LogP contribution in [0.4, 0.5) is 0 Å². The molecule has 13 heavy (non-hydrogen) atoms. The van der Waals surface area contributed by atoms with Crippen molar-refractivity contribution in [2.75, 3.05) is 0 Å². The fourth-order valence-corrected chi connectivity index (χ4v) is 1.11. The summed E-state index contributed by atoms with van der Waals surface area (Å²) in [6.45, 7) is 7.73. The van der Waals surface area contributed by atoms with E-state index >= 15 is 0 Å². The van der Waals surface area contributed by atoms with Gasteiger partial charge < -0.3 is 0 Å². The van der Waals surface area contributed by atoms with E-state index in [0.29, 0.717) is 0 Å². The van der Waals surface area contributed by atoms with Crippen LogP contribution in [0.1, 0.15) is 27.7 Å². The lowest BCUT2D eigenvalue weighted by Gasteiger charge is -2.01. The van der Waals surface area contributed by atoms with Crippen molar-refractivity contribution in [3.05, 3.63) is 36.0 Å². The molecule has 0 aromatic rings. The molecule has 0 amide bonds. The fourth-order valence-electron chi connectivity index (χ4n) is 1.11. The predicted molar refractivity (Wildman–Crippen MR) is 57.6 cm³/mol. The summed E-state index contributed by atoms with van der Waals surface area (Å²) in [4.78, 5) is 11.3. The molecule has 1 atom stereocenters. The second-order valence-electron chi connectivity index (χ2n) is 3.10. The molecule has 0 aliphatic rings. The number of hydrogen-bond acceptors (Lipinski definition) is 1. The van der Waals surface area contributed by atoms with Gasteiger partial charge in [0.1, 0.15) is 0 Å². The first-order chi connectivity index (χ1) is 6.11. The Morgan fingerprint density at radius 3 is 2.15 bits per heavy atom. The third-order valence-electron chi connectivity index (χ3n) is 1.72. The number of carbonyl (C=O) groups excluding carboxylic acids is 1. The molecule has 0 saturated carbocycles. The molecule has 0 spiro atoms. The van der Waals surface area contributed by atoms with Crippen molar-refractivity contribution in [3.63, 3.8) is 0 Å². The zero-order valence-electron chi connectivity index (χ0n) is 8.87. The molecule has 0 aromatic heterocycles. The van der Waals surface area contributed by atoms with E-state index in [9.17, 15) is 4.79 Å². The van der Waals surface area contributed by atoms with Gasteiger partial charge >= 0.3 is 0 Å². The van der Waals surface area contributed by atoms with Gasteiger partial charge in [0.25, 0.3) is 0 Å². The van der Waals surface area contributed by atoms with Crippen LogP contribution in [0.5, 0.6) is 0 Å². The summed E-state index contributed by atoms with van der Waals surface area (Å²) < 4.78 is 0. The summed E-state index contributed by atoms with van der Waals surface area (Å²) >= 11 is 0. The third kappa shape index (κ3) is 5.18. The minimum atomic E-state index is -0.0209. The van der Waals surface area contributed by atoms with Crippen molar-refractivity contribution in [1.29, 1.82) is 0 Å². The van der Waals surface area contributed by atoms with Crippen LogP contribution in [0.2, 0.25) is 0 Å². The molecule has 0 fully saturated rings. The van der Waals surface area contributed by atoms with Crippen LogP contribution in [0.3, 0.4) is 0 Å². The van der Waals surface area contributed by atoms with E-state index in [-0.39, 0.29) is 11.7 Å². The summed E-state index contributed by atoms with van der Waals surface area (Å²) in [7, 11) is 0. The van der Waals surface area contributed by atoms with Crippen LogP contribution < -0.4 is 0 Å². The van der Waals surface area contributed by atoms with Gasteiger partial charge in [-0.3, -0.25) is 4.79 Å². The van der Waals surface area contributed by atoms with Gasteiger partial charge in [0.2, 0.25) is 0 Å². The summed E-state index contributed by atoms with van der Waals surface area (Å²) in [6.07, 6.45) is 9.34. The molecule has 1 heteroatoms. The molecule has 0 saturated heterocycles. The molecule has 72 valence electrons. The Bertz CT molecular complexity index is 244. The molecule has 0 aliphatic heterocycles. The minimum Gasteiger partial charge on any atom is -0.294 e. The Labute approximate surface area is 80.8 Å². The lowest BCUT2D eigenvalue weighted by atomic mass is 10.0. The van der Waals surface area contributed by atoms with Crippen LogP contribution in [0, 0.1) is 5.92 Å². The van der Waals surface area contributed by atoms with E-state index in [1.54, 1.807) is 12.2 Å². The monoisotopic (exact) mass is 178 g/mol. The van der Waals surface area contributed by atoms with Crippen molar-refractivity contribution in [2.45, 2.75) is 27.7 Å². The first kappa shape index (κ1) is 11.9. The molecule has 1 nitrogen and oxygen atoms in total. The minimum absolute atomic E-state index is 0.0209. The van der Waals surface area contributed by atoms with Crippen molar-refractivity contribution in [2.24, 2.45) is 5.92 Å². The van der Waals surface area contributed by atoms with Gasteiger partial charge in [-0.2, -0.15) is 0 Å². The molecular formula is C12H18O. The maximum atomic E-state index is 11.3. The Morgan fingerprint density at radius 2 is 1.69 bits per heavy atom. The van der Waals surface area contributed by atoms with Crippen molar-refractivity contribution in [1.82, 2.24) is 0 Å². The predicted octanol–water partition coefficient (Wildman–Crippen LogP) is 3.29. The Kier molecular flexibility index (Phi) is 5.86. The van der Waals surface area contributed by atoms with Crippen LogP contribution in [0.25, 0.3) is 0 Å². The quantitative estimate of drug-likeness (QED) is 0.477. The highest BCUT2D eigenvalue weighted by molar-refractivity contribution is 5.92. The Morgan fingerprint density at radius 1 is 1.15 bits per heavy atom. The zero-order valence-corrected chi connectivity index (χ0v) is 8.87. The van der Waals surface area contributed by atoms with Gasteiger partial charge in [-0.15, -0.1) is 0 Å². The first-order valence-corrected chi connectivity index (χ1v) is 4.59. The Balaban J connectivity index is 4.36. The Hall–Kier alpha value is -1.11. The van der Waals surface area contributed by atoms with Crippen LogP contribution >= 0.6 is 0 Å². The maximum absolute atomic E-state index is 11.3. The smallest absolute Gasteiger partial charge is 0.161 e. The molecular weight excluding hydrogens is 160 g/mol. The van der Waals surface area contributed by atoms with Gasteiger partial charge in [0, 0.05) is 5.92 Å². The van der Waals surface area contributed by atoms with Crippen molar-refractivity contribution in [3.8, 4) is 0 Å². The number of carbonyl (C=O) groups is 1. The SMILES string of the molecule is C/C=C/C(=O)[C@@H](C)/C=C(C)\C=C\C. The van der Waals surface area contributed by atoms with E-state index in [2.05, 4.69) is 0 Å². The largest absolute Gasteiger partial charge is 0.294 e. The van der Waals surface area contributed by atoms with Crippen LogP contribution in [0.15, 0.2) is 36.0 Å². The molecule has 0 heterocycles. The summed E-state index contributed by atoms with van der Waals surface area (Å²) in [5, 5.41) is 0. The van der Waals surface area contributed by atoms with Gasteiger partial charge in [0.15, 0.2) is 5.78 Å². The molecule has 0 N–H and O–H groups in total. The molecule has 0 aromatic carbocycles.